The summed E-state index contributed by atoms with van der Waals surface area (Å²) in [5.74, 6) is -0.985. The normalized spacial score (nSPS) is 10.6. The van der Waals surface area contributed by atoms with Gasteiger partial charge in [-0.25, -0.2) is 9.37 Å². The van der Waals surface area contributed by atoms with Gasteiger partial charge in [0.05, 0.1) is 17.2 Å². The molecule has 4 aromatic rings. The van der Waals surface area contributed by atoms with Crippen molar-refractivity contribution in [3.63, 3.8) is 0 Å². The zero-order valence-corrected chi connectivity index (χ0v) is 15.0. The van der Waals surface area contributed by atoms with Crippen LogP contribution in [0.4, 0.5) is 10.1 Å². The van der Waals surface area contributed by atoms with Crippen molar-refractivity contribution in [3.05, 3.63) is 82.6 Å². The van der Waals surface area contributed by atoms with E-state index in [0.29, 0.717) is 27.7 Å². The number of aromatic nitrogens is 1. The molecule has 0 unspecified atom stereocenters. The number of oxazole rings is 1. The zero-order valence-electron chi connectivity index (χ0n) is 14.2. The fraction of sp³-hybridized carbons (Fsp3) is 0. The van der Waals surface area contributed by atoms with Crippen LogP contribution in [0.3, 0.4) is 0 Å². The number of fused-ring (bicyclic) bond motifs is 1. The number of rotatable bonds is 3. The van der Waals surface area contributed by atoms with E-state index in [-0.39, 0.29) is 11.1 Å². The molecule has 4 rings (SSSR count). The number of nitrogens with zero attached hydrogens (tertiary/aromatic N) is 2. The van der Waals surface area contributed by atoms with E-state index in [2.05, 4.69) is 10.3 Å². The highest BCUT2D eigenvalue weighted by Gasteiger charge is 2.14. The van der Waals surface area contributed by atoms with E-state index in [1.54, 1.807) is 36.4 Å². The Bertz CT molecular complexity index is 1260. The van der Waals surface area contributed by atoms with E-state index in [1.807, 2.05) is 12.1 Å². The number of anilines is 1. The lowest BCUT2D eigenvalue weighted by Crippen LogP contribution is -2.13. The molecule has 136 valence electrons. The van der Waals surface area contributed by atoms with Gasteiger partial charge in [-0.1, -0.05) is 17.7 Å². The van der Waals surface area contributed by atoms with Crippen molar-refractivity contribution in [2.45, 2.75) is 0 Å². The Morgan fingerprint density at radius 2 is 2.00 bits per heavy atom. The number of hydrogen-bond acceptors (Lipinski definition) is 4. The SMILES string of the molecule is N#Cc1ccc(C(=O)Nc2ccc3oc(-c4cccc(Cl)c4)nc3c2)c(F)c1. The molecule has 0 atom stereocenters. The Kier molecular flexibility index (Phi) is 4.52. The molecule has 1 aromatic heterocycles. The van der Waals surface area contributed by atoms with Crippen molar-refractivity contribution >= 4 is 34.3 Å². The van der Waals surface area contributed by atoms with E-state index in [1.165, 1.54) is 12.1 Å². The maximum absolute atomic E-state index is 14.0. The number of nitriles is 1. The summed E-state index contributed by atoms with van der Waals surface area (Å²) in [5, 5.41) is 12.0. The first-order chi connectivity index (χ1) is 13.5. The van der Waals surface area contributed by atoms with Crippen molar-refractivity contribution < 1.29 is 13.6 Å². The number of carbonyl (C=O) groups is 1. The quantitative estimate of drug-likeness (QED) is 0.506. The van der Waals surface area contributed by atoms with Crippen LogP contribution in [0.1, 0.15) is 15.9 Å². The standard InChI is InChI=1S/C21H11ClFN3O2/c22-14-3-1-2-13(9-14)21-26-18-10-15(5-7-19(18)28-21)25-20(27)16-6-4-12(11-24)8-17(16)23/h1-10H,(H,25,27). The van der Waals surface area contributed by atoms with Crippen LogP contribution in [0, 0.1) is 17.1 Å². The lowest BCUT2D eigenvalue weighted by Gasteiger charge is -2.06. The molecule has 3 aromatic carbocycles. The molecule has 1 amide bonds. The van der Waals surface area contributed by atoms with Crippen LogP contribution in [-0.2, 0) is 0 Å². The first-order valence-electron chi connectivity index (χ1n) is 8.21. The van der Waals surface area contributed by atoms with Crippen molar-refractivity contribution in [2.24, 2.45) is 0 Å². The highest BCUT2D eigenvalue weighted by Crippen LogP contribution is 2.28. The summed E-state index contributed by atoms with van der Waals surface area (Å²) < 4.78 is 19.7. The van der Waals surface area contributed by atoms with Crippen molar-refractivity contribution in [1.82, 2.24) is 4.98 Å². The number of carbonyl (C=O) groups excluding carboxylic acids is 1. The number of amides is 1. The molecule has 0 spiro atoms. The second-order valence-electron chi connectivity index (χ2n) is 5.97. The fourth-order valence-electron chi connectivity index (χ4n) is 2.72. The van der Waals surface area contributed by atoms with Gasteiger partial charge in [0.1, 0.15) is 11.3 Å². The van der Waals surface area contributed by atoms with Gasteiger partial charge >= 0.3 is 0 Å². The van der Waals surface area contributed by atoms with E-state index < -0.39 is 11.7 Å². The molecule has 0 aliphatic carbocycles. The minimum absolute atomic E-state index is 0.145. The van der Waals surface area contributed by atoms with Crippen LogP contribution in [0.15, 0.2) is 65.1 Å². The third-order valence-electron chi connectivity index (χ3n) is 4.06. The molecule has 0 fully saturated rings. The Hall–Kier alpha value is -3.69. The molecule has 0 aliphatic heterocycles. The summed E-state index contributed by atoms with van der Waals surface area (Å²) in [6.45, 7) is 0. The number of benzene rings is 3. The summed E-state index contributed by atoms with van der Waals surface area (Å²) in [4.78, 5) is 16.8. The maximum atomic E-state index is 14.0. The molecule has 1 heterocycles. The topological polar surface area (TPSA) is 78.9 Å². The van der Waals surface area contributed by atoms with E-state index in [9.17, 15) is 9.18 Å². The van der Waals surface area contributed by atoms with Gasteiger partial charge in [-0.15, -0.1) is 0 Å². The minimum atomic E-state index is -0.762. The molecule has 28 heavy (non-hydrogen) atoms. The molecule has 0 bridgehead atoms. The highest BCUT2D eigenvalue weighted by atomic mass is 35.5. The van der Waals surface area contributed by atoms with Crippen LogP contribution in [0.5, 0.6) is 0 Å². The van der Waals surface area contributed by atoms with Crippen molar-refractivity contribution in [3.8, 4) is 17.5 Å². The average molecular weight is 392 g/mol. The maximum Gasteiger partial charge on any atom is 0.258 e. The monoisotopic (exact) mass is 391 g/mol. The Balaban J connectivity index is 1.61. The van der Waals surface area contributed by atoms with E-state index >= 15 is 0 Å². The van der Waals surface area contributed by atoms with Gasteiger partial charge in [0.15, 0.2) is 5.58 Å². The summed E-state index contributed by atoms with van der Waals surface area (Å²) in [6.07, 6.45) is 0. The molecule has 1 N–H and O–H groups in total. The van der Waals surface area contributed by atoms with E-state index in [4.69, 9.17) is 21.3 Å². The Morgan fingerprint density at radius 3 is 2.75 bits per heavy atom. The number of nitrogens with one attached hydrogen (secondary N) is 1. The average Bonchev–Trinajstić information content (AvgIpc) is 3.11. The lowest BCUT2D eigenvalue weighted by atomic mass is 10.1. The molecular formula is C21H11ClFN3O2. The van der Waals surface area contributed by atoms with Crippen LogP contribution in [-0.4, -0.2) is 10.9 Å². The fourth-order valence-corrected chi connectivity index (χ4v) is 2.91. The lowest BCUT2D eigenvalue weighted by molar-refractivity contribution is 0.102. The van der Waals surface area contributed by atoms with Crippen LogP contribution in [0.25, 0.3) is 22.6 Å². The third-order valence-corrected chi connectivity index (χ3v) is 4.29. The van der Waals surface area contributed by atoms with E-state index in [0.717, 1.165) is 11.6 Å². The molecular weight excluding hydrogens is 381 g/mol. The second kappa shape index (κ2) is 7.14. The third kappa shape index (κ3) is 3.43. The summed E-state index contributed by atoms with van der Waals surface area (Å²) in [5.41, 5.74) is 2.23. The van der Waals surface area contributed by atoms with Gasteiger partial charge in [0.2, 0.25) is 5.89 Å². The second-order valence-corrected chi connectivity index (χ2v) is 6.41. The molecule has 0 aliphatic rings. The van der Waals surface area contributed by atoms with Gasteiger partial charge in [-0.05, 0) is 54.6 Å². The van der Waals surface area contributed by atoms with Gasteiger partial charge in [-0.3, -0.25) is 4.79 Å². The summed E-state index contributed by atoms with van der Waals surface area (Å²) in [7, 11) is 0. The van der Waals surface area contributed by atoms with Gasteiger partial charge < -0.3 is 9.73 Å². The Labute approximate surface area is 164 Å². The van der Waals surface area contributed by atoms with Crippen LogP contribution in [0.2, 0.25) is 5.02 Å². The first kappa shape index (κ1) is 17.7. The highest BCUT2D eigenvalue weighted by molar-refractivity contribution is 6.30. The summed E-state index contributed by atoms with van der Waals surface area (Å²) >= 11 is 6.00. The number of hydrogen-bond donors (Lipinski definition) is 1. The minimum Gasteiger partial charge on any atom is -0.436 e. The van der Waals surface area contributed by atoms with Gasteiger partial charge in [-0.2, -0.15) is 5.26 Å². The molecule has 5 nitrogen and oxygen atoms in total. The predicted molar refractivity (Wildman–Crippen MR) is 104 cm³/mol. The smallest absolute Gasteiger partial charge is 0.258 e. The largest absolute Gasteiger partial charge is 0.436 e. The summed E-state index contributed by atoms with van der Waals surface area (Å²) in [6, 6.07) is 17.6. The molecule has 0 saturated carbocycles. The predicted octanol–water partition coefficient (Wildman–Crippen LogP) is 5.41. The van der Waals surface area contributed by atoms with Crippen molar-refractivity contribution in [2.75, 3.05) is 5.32 Å². The van der Waals surface area contributed by atoms with Gasteiger partial charge in [0, 0.05) is 16.3 Å². The zero-order chi connectivity index (χ0) is 19.7. The first-order valence-corrected chi connectivity index (χ1v) is 8.59. The number of halogens is 2. The molecule has 7 heteroatoms. The van der Waals surface area contributed by atoms with Crippen LogP contribution >= 0.6 is 11.6 Å². The molecule has 0 radical (unpaired) electrons. The van der Waals surface area contributed by atoms with Crippen molar-refractivity contribution in [1.29, 1.82) is 5.26 Å². The van der Waals surface area contributed by atoms with Gasteiger partial charge in [0.25, 0.3) is 5.91 Å². The Morgan fingerprint density at radius 1 is 1.14 bits per heavy atom. The molecule has 0 saturated heterocycles. The van der Waals surface area contributed by atoms with Crippen LogP contribution < -0.4 is 5.32 Å².